The molecule has 0 saturated carbocycles. The Morgan fingerprint density at radius 1 is 1.22 bits per heavy atom. The number of carbonyl (C=O) groups is 1. The molecule has 1 aromatic carbocycles. The van der Waals surface area contributed by atoms with Crippen LogP contribution in [-0.2, 0) is 10.5 Å². The lowest BCUT2D eigenvalue weighted by atomic mass is 10.2. The van der Waals surface area contributed by atoms with Crippen LogP contribution in [-0.4, -0.2) is 21.1 Å². The molecule has 1 amide bonds. The zero-order valence-electron chi connectivity index (χ0n) is 16.4. The lowest BCUT2D eigenvalue weighted by Crippen LogP contribution is -2.13. The first-order valence-corrected chi connectivity index (χ1v) is 11.4. The lowest BCUT2D eigenvalue weighted by Gasteiger charge is -2.00. The second-order valence-electron chi connectivity index (χ2n) is 6.35. The summed E-state index contributed by atoms with van der Waals surface area (Å²) in [4.78, 5) is 16.5. The van der Waals surface area contributed by atoms with Crippen molar-refractivity contribution in [3.8, 4) is 16.6 Å². The topological polar surface area (TPSA) is 105 Å². The summed E-state index contributed by atoms with van der Waals surface area (Å²) >= 11 is 8.59. The van der Waals surface area contributed by atoms with Crippen LogP contribution in [0.15, 0.2) is 76.0 Å². The van der Waals surface area contributed by atoms with E-state index in [2.05, 4.69) is 20.5 Å². The molecule has 0 bridgehead atoms. The van der Waals surface area contributed by atoms with Gasteiger partial charge in [-0.05, 0) is 42.0 Å². The van der Waals surface area contributed by atoms with Gasteiger partial charge >= 0.3 is 0 Å². The molecule has 4 aromatic rings. The standard InChI is InChI=1S/C22H14ClN5O2S2/c23-17-5-3-14(4-6-17)13-31-19-8-7-18(30-19)10-16(11-24)20(29)26-22-28-27-21(32-22)15-2-1-9-25-12-15/h1-10,12H,13H2,(H,26,28,29)/b16-10-. The van der Waals surface area contributed by atoms with Gasteiger partial charge in [0.25, 0.3) is 5.91 Å². The maximum Gasteiger partial charge on any atom is 0.268 e. The average molecular weight is 480 g/mol. The van der Waals surface area contributed by atoms with E-state index in [9.17, 15) is 10.1 Å². The molecule has 158 valence electrons. The fourth-order valence-electron chi connectivity index (χ4n) is 2.56. The molecule has 32 heavy (non-hydrogen) atoms. The molecule has 7 nitrogen and oxygen atoms in total. The largest absolute Gasteiger partial charge is 0.450 e. The Labute approximate surface area is 196 Å². The molecule has 10 heteroatoms. The first-order valence-electron chi connectivity index (χ1n) is 9.25. The van der Waals surface area contributed by atoms with E-state index in [0.717, 1.165) is 11.1 Å². The van der Waals surface area contributed by atoms with Gasteiger partial charge in [-0.2, -0.15) is 5.26 Å². The summed E-state index contributed by atoms with van der Waals surface area (Å²) in [5.74, 6) is 0.521. The molecule has 0 saturated heterocycles. The lowest BCUT2D eigenvalue weighted by molar-refractivity contribution is -0.112. The van der Waals surface area contributed by atoms with E-state index in [0.29, 0.717) is 26.6 Å². The number of anilines is 1. The molecule has 0 aliphatic carbocycles. The Kier molecular flexibility index (Phi) is 6.97. The number of hydrogen-bond donors (Lipinski definition) is 1. The molecule has 3 aromatic heterocycles. The van der Waals surface area contributed by atoms with Crippen LogP contribution >= 0.6 is 34.7 Å². The highest BCUT2D eigenvalue weighted by atomic mass is 35.5. The number of halogens is 1. The number of rotatable bonds is 7. The summed E-state index contributed by atoms with van der Waals surface area (Å²) in [6, 6.07) is 16.6. The van der Waals surface area contributed by atoms with Crippen molar-refractivity contribution in [2.45, 2.75) is 10.8 Å². The molecule has 0 atom stereocenters. The number of nitriles is 1. The van der Waals surface area contributed by atoms with Crippen molar-refractivity contribution in [2.24, 2.45) is 0 Å². The summed E-state index contributed by atoms with van der Waals surface area (Å²) in [6.45, 7) is 0. The quantitative estimate of drug-likeness (QED) is 0.206. The van der Waals surface area contributed by atoms with Crippen molar-refractivity contribution in [1.82, 2.24) is 15.2 Å². The maximum absolute atomic E-state index is 12.5. The molecule has 4 rings (SSSR count). The second-order valence-corrected chi connectivity index (χ2v) is 8.74. The Bertz CT molecular complexity index is 1290. The SMILES string of the molecule is N#C/C(=C/c1ccc(SCc2ccc(Cl)cc2)o1)C(=O)Nc1nnc(-c2cccnc2)s1. The highest BCUT2D eigenvalue weighted by molar-refractivity contribution is 7.98. The number of thioether (sulfide) groups is 1. The number of furan rings is 1. The van der Waals surface area contributed by atoms with Gasteiger partial charge in [-0.25, -0.2) is 0 Å². The molecule has 1 N–H and O–H groups in total. The van der Waals surface area contributed by atoms with E-state index in [1.165, 1.54) is 29.2 Å². The Hall–Kier alpha value is -3.45. The highest BCUT2D eigenvalue weighted by Gasteiger charge is 2.14. The highest BCUT2D eigenvalue weighted by Crippen LogP contribution is 2.28. The van der Waals surface area contributed by atoms with Gasteiger partial charge < -0.3 is 4.42 Å². The van der Waals surface area contributed by atoms with Crippen molar-refractivity contribution >= 4 is 51.8 Å². The average Bonchev–Trinajstić information content (AvgIpc) is 3.47. The maximum atomic E-state index is 12.5. The van der Waals surface area contributed by atoms with Gasteiger partial charge in [-0.3, -0.25) is 15.1 Å². The number of hydrogen-bond acceptors (Lipinski definition) is 8. The first kappa shape index (κ1) is 21.8. The van der Waals surface area contributed by atoms with Crippen molar-refractivity contribution in [3.63, 3.8) is 0 Å². The minimum Gasteiger partial charge on any atom is -0.450 e. The van der Waals surface area contributed by atoms with Crippen LogP contribution in [0.25, 0.3) is 16.6 Å². The van der Waals surface area contributed by atoms with E-state index in [1.54, 1.807) is 30.6 Å². The fraction of sp³-hybridized carbons (Fsp3) is 0.0455. The molecule has 0 radical (unpaired) electrons. The number of aromatic nitrogens is 3. The van der Waals surface area contributed by atoms with Crippen LogP contribution in [0.5, 0.6) is 0 Å². The molecule has 3 heterocycles. The predicted octanol–water partition coefficient (Wildman–Crippen LogP) is 5.68. The van der Waals surface area contributed by atoms with Gasteiger partial charge in [0, 0.05) is 34.8 Å². The van der Waals surface area contributed by atoms with Crippen LogP contribution in [0.1, 0.15) is 11.3 Å². The zero-order valence-corrected chi connectivity index (χ0v) is 18.7. The van der Waals surface area contributed by atoms with Crippen LogP contribution in [0.4, 0.5) is 5.13 Å². The van der Waals surface area contributed by atoms with Crippen molar-refractivity contribution in [1.29, 1.82) is 5.26 Å². The number of nitrogens with one attached hydrogen (secondary N) is 1. The van der Waals surface area contributed by atoms with Gasteiger partial charge in [0.05, 0.1) is 0 Å². The number of carbonyl (C=O) groups excluding carboxylic acids is 1. The normalized spacial score (nSPS) is 11.2. The minimum atomic E-state index is -0.590. The van der Waals surface area contributed by atoms with E-state index in [1.807, 2.05) is 36.4 Å². The van der Waals surface area contributed by atoms with Crippen molar-refractivity contribution < 1.29 is 9.21 Å². The van der Waals surface area contributed by atoms with Crippen molar-refractivity contribution in [3.05, 3.63) is 82.8 Å². The van der Waals surface area contributed by atoms with Gasteiger partial charge in [-0.1, -0.05) is 46.8 Å². The molecule has 0 unspecified atom stereocenters. The van der Waals surface area contributed by atoms with Crippen LogP contribution in [0, 0.1) is 11.3 Å². The Balaban J connectivity index is 1.39. The fourth-order valence-corrected chi connectivity index (χ4v) is 4.24. The van der Waals surface area contributed by atoms with Gasteiger partial charge in [0.15, 0.2) is 10.1 Å². The van der Waals surface area contributed by atoms with Crippen LogP contribution < -0.4 is 5.32 Å². The zero-order chi connectivity index (χ0) is 22.3. The van der Waals surface area contributed by atoms with E-state index in [-0.39, 0.29) is 10.7 Å². The van der Waals surface area contributed by atoms with E-state index in [4.69, 9.17) is 16.0 Å². The monoisotopic (exact) mass is 479 g/mol. The van der Waals surface area contributed by atoms with Gasteiger partial charge in [0.1, 0.15) is 17.4 Å². The van der Waals surface area contributed by atoms with Crippen LogP contribution in [0.2, 0.25) is 5.02 Å². The Morgan fingerprint density at radius 3 is 2.81 bits per heavy atom. The third-order valence-corrected chi connectivity index (χ3v) is 6.22. The Morgan fingerprint density at radius 2 is 2.06 bits per heavy atom. The summed E-state index contributed by atoms with van der Waals surface area (Å²) in [7, 11) is 0. The van der Waals surface area contributed by atoms with Gasteiger partial charge in [0.2, 0.25) is 5.13 Å². The third-order valence-electron chi connectivity index (χ3n) is 4.10. The molecule has 0 aliphatic heterocycles. The molecule has 0 spiro atoms. The number of benzene rings is 1. The third kappa shape index (κ3) is 5.62. The van der Waals surface area contributed by atoms with Gasteiger partial charge in [-0.15, -0.1) is 10.2 Å². The van der Waals surface area contributed by atoms with Crippen molar-refractivity contribution in [2.75, 3.05) is 5.32 Å². The summed E-state index contributed by atoms with van der Waals surface area (Å²) in [6.07, 6.45) is 4.71. The number of amides is 1. The second kappa shape index (κ2) is 10.2. The predicted molar refractivity (Wildman–Crippen MR) is 125 cm³/mol. The smallest absolute Gasteiger partial charge is 0.268 e. The molecule has 0 fully saturated rings. The molecular formula is C22H14ClN5O2S2. The van der Waals surface area contributed by atoms with Crippen LogP contribution in [0.3, 0.4) is 0 Å². The summed E-state index contributed by atoms with van der Waals surface area (Å²) < 4.78 is 5.72. The molecular weight excluding hydrogens is 466 g/mol. The number of nitrogens with zero attached hydrogens (tertiary/aromatic N) is 4. The first-order chi connectivity index (χ1) is 15.6. The number of pyridine rings is 1. The summed E-state index contributed by atoms with van der Waals surface area (Å²) in [5, 5.41) is 22.3. The minimum absolute atomic E-state index is 0.105. The van der Waals surface area contributed by atoms with E-state index < -0.39 is 5.91 Å². The molecule has 0 aliphatic rings. The summed E-state index contributed by atoms with van der Waals surface area (Å²) in [5.41, 5.74) is 1.79. The van der Waals surface area contributed by atoms with E-state index >= 15 is 0 Å².